The number of ether oxygens (including phenoxy) is 1. The van der Waals surface area contributed by atoms with E-state index in [9.17, 15) is 9.59 Å². The molecule has 22 heavy (non-hydrogen) atoms. The number of rotatable bonds is 3. The molecule has 2 aliphatic rings. The monoisotopic (exact) mass is 360 g/mol. The van der Waals surface area contributed by atoms with E-state index in [0.29, 0.717) is 28.5 Å². The zero-order chi connectivity index (χ0) is 15.7. The Hall–Kier alpha value is -2.13. The van der Waals surface area contributed by atoms with Crippen molar-refractivity contribution in [1.82, 2.24) is 4.98 Å². The lowest BCUT2D eigenvalue weighted by Gasteiger charge is -2.15. The minimum Gasteiger partial charge on any atom is -0.464 e. The summed E-state index contributed by atoms with van der Waals surface area (Å²) in [7, 11) is 0. The van der Waals surface area contributed by atoms with Crippen molar-refractivity contribution in [2.45, 2.75) is 25.7 Å². The summed E-state index contributed by atoms with van der Waals surface area (Å²) in [6, 6.07) is 3.30. The highest BCUT2D eigenvalue weighted by Gasteiger charge is 2.40. The number of halogens is 1. The molecule has 3 rings (SSSR count). The maximum atomic E-state index is 12.5. The van der Waals surface area contributed by atoms with E-state index in [1.807, 2.05) is 0 Å². The second kappa shape index (κ2) is 5.93. The number of terminal acetylenes is 1. The molecule has 1 aromatic rings. The first-order chi connectivity index (χ1) is 10.6. The normalized spacial score (nSPS) is 17.5. The molecule has 112 valence electrons. The highest BCUT2D eigenvalue weighted by atomic mass is 79.9. The molecule has 2 amide bonds. The third-order valence-corrected chi connectivity index (χ3v) is 4.31. The number of imide groups is 1. The molecule has 0 bridgehead atoms. The van der Waals surface area contributed by atoms with Crippen LogP contribution < -0.4 is 9.64 Å². The van der Waals surface area contributed by atoms with Crippen molar-refractivity contribution in [1.29, 1.82) is 0 Å². The summed E-state index contributed by atoms with van der Waals surface area (Å²) >= 11 is 3.31. The SMILES string of the molecule is C#CCOc1nc(N2C(=O)C3=C(CCCC3)C2=O)ccc1Br. The van der Waals surface area contributed by atoms with Gasteiger partial charge in [-0.25, -0.2) is 4.90 Å². The largest absolute Gasteiger partial charge is 0.464 e. The second-order valence-corrected chi connectivity index (χ2v) is 5.91. The number of carbonyl (C=O) groups excluding carboxylic acids is 2. The summed E-state index contributed by atoms with van der Waals surface area (Å²) in [5, 5.41) is 0. The number of hydrogen-bond acceptors (Lipinski definition) is 4. The summed E-state index contributed by atoms with van der Waals surface area (Å²) in [4.78, 5) is 30.3. The molecular formula is C16H13BrN2O3. The van der Waals surface area contributed by atoms with Gasteiger partial charge >= 0.3 is 0 Å². The number of nitrogens with zero attached hydrogens (tertiary/aromatic N) is 2. The Morgan fingerprint density at radius 1 is 1.23 bits per heavy atom. The van der Waals surface area contributed by atoms with E-state index in [1.165, 1.54) is 0 Å². The lowest BCUT2D eigenvalue weighted by atomic mass is 9.93. The van der Waals surface area contributed by atoms with E-state index in [4.69, 9.17) is 11.2 Å². The van der Waals surface area contributed by atoms with Gasteiger partial charge in [-0.05, 0) is 53.7 Å². The zero-order valence-corrected chi connectivity index (χ0v) is 13.4. The molecule has 0 N–H and O–H groups in total. The quantitative estimate of drug-likeness (QED) is 0.614. The Morgan fingerprint density at radius 2 is 1.86 bits per heavy atom. The molecule has 0 radical (unpaired) electrons. The van der Waals surface area contributed by atoms with Gasteiger partial charge in [0, 0.05) is 11.1 Å². The number of hydrogen-bond donors (Lipinski definition) is 0. The summed E-state index contributed by atoms with van der Waals surface area (Å²) < 4.78 is 5.93. The molecule has 1 aromatic heterocycles. The predicted molar refractivity (Wildman–Crippen MR) is 84.3 cm³/mol. The molecular weight excluding hydrogens is 348 g/mol. The molecule has 1 aliphatic carbocycles. The first kappa shape index (κ1) is 14.8. The van der Waals surface area contributed by atoms with Crippen LogP contribution in [0.15, 0.2) is 27.8 Å². The highest BCUT2D eigenvalue weighted by Crippen LogP contribution is 2.36. The van der Waals surface area contributed by atoms with Gasteiger partial charge < -0.3 is 4.74 Å². The molecule has 0 aromatic carbocycles. The zero-order valence-electron chi connectivity index (χ0n) is 11.8. The highest BCUT2D eigenvalue weighted by molar-refractivity contribution is 9.10. The summed E-state index contributed by atoms with van der Waals surface area (Å²) in [5.41, 5.74) is 1.26. The van der Waals surface area contributed by atoms with Crippen LogP contribution in [0.25, 0.3) is 0 Å². The number of pyridine rings is 1. The first-order valence-corrected chi connectivity index (χ1v) is 7.76. The molecule has 0 saturated heterocycles. The number of amides is 2. The van der Waals surface area contributed by atoms with Crippen LogP contribution in [0.4, 0.5) is 5.82 Å². The van der Waals surface area contributed by atoms with Crippen LogP contribution in [0.1, 0.15) is 25.7 Å². The first-order valence-electron chi connectivity index (χ1n) is 6.97. The van der Waals surface area contributed by atoms with Crippen LogP contribution in [-0.4, -0.2) is 23.4 Å². The van der Waals surface area contributed by atoms with E-state index in [0.717, 1.165) is 17.7 Å². The third kappa shape index (κ3) is 2.42. The Kier molecular flexibility index (Phi) is 3.99. The fourth-order valence-electron chi connectivity index (χ4n) is 2.70. The topological polar surface area (TPSA) is 59.5 Å². The minimum atomic E-state index is -0.266. The van der Waals surface area contributed by atoms with Gasteiger partial charge in [0.2, 0.25) is 5.88 Å². The van der Waals surface area contributed by atoms with Crippen LogP contribution in [0.5, 0.6) is 5.88 Å². The van der Waals surface area contributed by atoms with E-state index < -0.39 is 0 Å². The molecule has 2 heterocycles. The van der Waals surface area contributed by atoms with Gasteiger partial charge in [0.05, 0.1) is 4.47 Å². The molecule has 1 aliphatic heterocycles. The molecule has 0 unspecified atom stereocenters. The lowest BCUT2D eigenvalue weighted by Crippen LogP contribution is -2.32. The Labute approximate surface area is 136 Å². The number of anilines is 1. The van der Waals surface area contributed by atoms with Crippen LogP contribution in [0, 0.1) is 12.3 Å². The van der Waals surface area contributed by atoms with E-state index >= 15 is 0 Å². The molecule has 0 spiro atoms. The van der Waals surface area contributed by atoms with E-state index in [1.54, 1.807) is 12.1 Å². The average Bonchev–Trinajstić information content (AvgIpc) is 2.79. The van der Waals surface area contributed by atoms with Crippen LogP contribution in [-0.2, 0) is 9.59 Å². The lowest BCUT2D eigenvalue weighted by molar-refractivity contribution is -0.120. The van der Waals surface area contributed by atoms with Crippen molar-refractivity contribution in [2.75, 3.05) is 11.5 Å². The minimum absolute atomic E-state index is 0.0612. The molecule has 6 heteroatoms. The molecule has 0 atom stereocenters. The number of carbonyl (C=O) groups is 2. The Balaban J connectivity index is 1.94. The van der Waals surface area contributed by atoms with Gasteiger partial charge in [-0.15, -0.1) is 6.42 Å². The maximum absolute atomic E-state index is 12.5. The van der Waals surface area contributed by atoms with Crippen LogP contribution in [0.3, 0.4) is 0 Å². The van der Waals surface area contributed by atoms with Gasteiger partial charge in [0.25, 0.3) is 11.8 Å². The van der Waals surface area contributed by atoms with Gasteiger partial charge in [-0.2, -0.15) is 4.98 Å². The van der Waals surface area contributed by atoms with Crippen LogP contribution >= 0.6 is 15.9 Å². The smallest absolute Gasteiger partial charge is 0.262 e. The second-order valence-electron chi connectivity index (χ2n) is 5.06. The predicted octanol–water partition coefficient (Wildman–Crippen LogP) is 2.60. The van der Waals surface area contributed by atoms with Crippen molar-refractivity contribution in [3.63, 3.8) is 0 Å². The van der Waals surface area contributed by atoms with E-state index in [2.05, 4.69) is 26.8 Å². The van der Waals surface area contributed by atoms with Crippen molar-refractivity contribution >= 4 is 33.6 Å². The number of aromatic nitrogens is 1. The van der Waals surface area contributed by atoms with Gasteiger partial charge in [-0.1, -0.05) is 5.92 Å². The summed E-state index contributed by atoms with van der Waals surface area (Å²) in [5.74, 6) is 2.35. The Morgan fingerprint density at radius 3 is 2.45 bits per heavy atom. The summed E-state index contributed by atoms with van der Waals surface area (Å²) in [6.07, 6.45) is 8.37. The fraction of sp³-hybridized carbons (Fsp3) is 0.312. The van der Waals surface area contributed by atoms with Gasteiger partial charge in [-0.3, -0.25) is 9.59 Å². The van der Waals surface area contributed by atoms with Crippen LogP contribution in [0.2, 0.25) is 0 Å². The van der Waals surface area contributed by atoms with Gasteiger partial charge in [0.1, 0.15) is 5.82 Å². The summed E-state index contributed by atoms with van der Waals surface area (Å²) in [6.45, 7) is 0.0612. The van der Waals surface area contributed by atoms with Crippen molar-refractivity contribution in [3.8, 4) is 18.2 Å². The fourth-order valence-corrected chi connectivity index (χ4v) is 3.03. The third-order valence-electron chi connectivity index (χ3n) is 3.71. The van der Waals surface area contributed by atoms with Crippen molar-refractivity contribution in [2.24, 2.45) is 0 Å². The standard InChI is InChI=1S/C16H13BrN2O3/c1-2-9-22-14-12(17)7-8-13(18-14)19-15(20)10-5-3-4-6-11(10)16(19)21/h1,7-8H,3-6,9H2. The average molecular weight is 361 g/mol. The van der Waals surface area contributed by atoms with Gasteiger partial charge in [0.15, 0.2) is 6.61 Å². The van der Waals surface area contributed by atoms with E-state index in [-0.39, 0.29) is 30.1 Å². The molecule has 0 saturated carbocycles. The van der Waals surface area contributed by atoms with Crippen molar-refractivity contribution < 1.29 is 14.3 Å². The van der Waals surface area contributed by atoms with Crippen molar-refractivity contribution in [3.05, 3.63) is 27.8 Å². The Bertz CT molecular complexity index is 705. The maximum Gasteiger partial charge on any atom is 0.262 e. The molecule has 0 fully saturated rings. The molecule has 5 nitrogen and oxygen atoms in total.